The molecule has 2 aromatic heterocycles. The maximum atomic E-state index is 12.9. The molecule has 0 bridgehead atoms. The monoisotopic (exact) mass is 395 g/mol. The molecule has 6 nitrogen and oxygen atoms in total. The van der Waals surface area contributed by atoms with Crippen LogP contribution in [0.2, 0.25) is 0 Å². The lowest BCUT2D eigenvalue weighted by molar-refractivity contribution is 0.102. The predicted octanol–water partition coefficient (Wildman–Crippen LogP) is 4.23. The second-order valence-electron chi connectivity index (χ2n) is 7.41. The van der Waals surface area contributed by atoms with Gasteiger partial charge in [-0.2, -0.15) is 0 Å². The fourth-order valence-corrected chi connectivity index (χ4v) is 4.79. The number of benzene rings is 1. The summed E-state index contributed by atoms with van der Waals surface area (Å²) in [7, 11) is 0. The molecule has 0 aliphatic heterocycles. The number of carbonyl (C=O) groups is 1. The van der Waals surface area contributed by atoms with Crippen molar-refractivity contribution in [2.45, 2.75) is 57.3 Å². The summed E-state index contributed by atoms with van der Waals surface area (Å²) in [5.74, 6) is 0.473. The highest BCUT2D eigenvalue weighted by molar-refractivity contribution is 7.99. The summed E-state index contributed by atoms with van der Waals surface area (Å²) in [4.78, 5) is 12.9. The third-order valence-electron chi connectivity index (χ3n) is 5.52. The average Bonchev–Trinajstić information content (AvgIpc) is 3.44. The third-order valence-corrected chi connectivity index (χ3v) is 6.46. The van der Waals surface area contributed by atoms with Gasteiger partial charge in [0.25, 0.3) is 0 Å². The zero-order valence-electron chi connectivity index (χ0n) is 16.3. The van der Waals surface area contributed by atoms with Gasteiger partial charge in [0.1, 0.15) is 0 Å². The first kappa shape index (κ1) is 18.9. The zero-order valence-corrected chi connectivity index (χ0v) is 17.2. The Bertz CT molecular complexity index is 957. The molecule has 1 aromatic carbocycles. The van der Waals surface area contributed by atoms with Crippen molar-refractivity contribution < 1.29 is 4.79 Å². The number of thioether (sulfide) groups is 1. The van der Waals surface area contributed by atoms with Crippen LogP contribution in [-0.4, -0.2) is 36.3 Å². The lowest BCUT2D eigenvalue weighted by Crippen LogP contribution is -2.10. The van der Waals surface area contributed by atoms with E-state index in [0.717, 1.165) is 41.5 Å². The van der Waals surface area contributed by atoms with Crippen LogP contribution >= 0.6 is 11.8 Å². The lowest BCUT2D eigenvalue weighted by Gasteiger charge is -2.11. The number of nitrogens with zero attached hydrogens (tertiary/aromatic N) is 5. The van der Waals surface area contributed by atoms with Crippen molar-refractivity contribution in [1.82, 2.24) is 24.8 Å². The van der Waals surface area contributed by atoms with Gasteiger partial charge in [0.15, 0.2) is 5.78 Å². The molecule has 3 aromatic rings. The van der Waals surface area contributed by atoms with E-state index in [1.165, 1.54) is 30.2 Å². The van der Waals surface area contributed by atoms with E-state index >= 15 is 0 Å². The molecule has 2 heterocycles. The molecular formula is C21H25N5OS. The Morgan fingerprint density at radius 3 is 2.68 bits per heavy atom. The Kier molecular flexibility index (Phi) is 5.62. The number of aromatic nitrogens is 5. The summed E-state index contributed by atoms with van der Waals surface area (Å²) in [6, 6.07) is 12.7. The van der Waals surface area contributed by atoms with Crippen LogP contribution in [0.1, 0.15) is 59.0 Å². The Hall–Kier alpha value is -2.41. The van der Waals surface area contributed by atoms with Gasteiger partial charge in [-0.25, -0.2) is 4.68 Å². The van der Waals surface area contributed by atoms with Gasteiger partial charge in [-0.1, -0.05) is 54.9 Å². The number of tetrazole rings is 1. The second kappa shape index (κ2) is 8.31. The second-order valence-corrected chi connectivity index (χ2v) is 8.36. The molecule has 1 aliphatic carbocycles. The first-order valence-electron chi connectivity index (χ1n) is 9.78. The van der Waals surface area contributed by atoms with E-state index in [0.29, 0.717) is 11.8 Å². The molecule has 0 spiro atoms. The van der Waals surface area contributed by atoms with Gasteiger partial charge < -0.3 is 4.57 Å². The molecule has 0 radical (unpaired) electrons. The first-order valence-corrected chi connectivity index (χ1v) is 10.8. The topological polar surface area (TPSA) is 65.6 Å². The summed E-state index contributed by atoms with van der Waals surface area (Å²) in [5.41, 5.74) is 4.14. The van der Waals surface area contributed by atoms with Crippen LogP contribution in [0.3, 0.4) is 0 Å². The number of ketones is 1. The smallest absolute Gasteiger partial charge is 0.210 e. The van der Waals surface area contributed by atoms with Crippen molar-refractivity contribution >= 4 is 17.5 Å². The average molecular weight is 396 g/mol. The standard InChI is InChI=1S/C21H25N5OS/c1-15-12-19(16(2)25(15)13-17-8-4-3-5-9-17)20(27)14-28-21-22-23-24-26(21)18-10-6-7-11-18/h3-5,8-9,12,18H,6-7,10-11,13-14H2,1-2H3. The van der Waals surface area contributed by atoms with E-state index < -0.39 is 0 Å². The SMILES string of the molecule is Cc1cc(C(=O)CSc2nnnn2C2CCCC2)c(C)n1Cc1ccccc1. The van der Waals surface area contributed by atoms with Crippen LogP contribution < -0.4 is 0 Å². The molecule has 0 atom stereocenters. The normalized spacial score (nSPS) is 14.6. The molecule has 146 valence electrons. The van der Waals surface area contributed by atoms with Crippen LogP contribution in [0, 0.1) is 13.8 Å². The van der Waals surface area contributed by atoms with Crippen LogP contribution in [0.4, 0.5) is 0 Å². The van der Waals surface area contributed by atoms with Gasteiger partial charge in [0.2, 0.25) is 5.16 Å². The third kappa shape index (κ3) is 3.90. The highest BCUT2D eigenvalue weighted by atomic mass is 32.2. The van der Waals surface area contributed by atoms with Crippen LogP contribution in [-0.2, 0) is 6.54 Å². The number of Topliss-reactive ketones (excluding diaryl/α,β-unsaturated/α-hetero) is 1. The molecule has 0 amide bonds. The fraction of sp³-hybridized carbons (Fsp3) is 0.429. The molecule has 1 aliphatic rings. The van der Waals surface area contributed by atoms with Crippen molar-refractivity contribution in [1.29, 1.82) is 0 Å². The molecular weight excluding hydrogens is 370 g/mol. The van der Waals surface area contributed by atoms with Crippen molar-refractivity contribution in [3.05, 3.63) is 58.9 Å². The van der Waals surface area contributed by atoms with E-state index in [2.05, 4.69) is 39.1 Å². The van der Waals surface area contributed by atoms with Crippen LogP contribution in [0.15, 0.2) is 41.6 Å². The summed E-state index contributed by atoms with van der Waals surface area (Å²) < 4.78 is 4.11. The minimum Gasteiger partial charge on any atom is -0.344 e. The number of aryl methyl sites for hydroxylation is 1. The minimum absolute atomic E-state index is 0.124. The van der Waals surface area contributed by atoms with Crippen molar-refractivity contribution in [2.75, 3.05) is 5.75 Å². The van der Waals surface area contributed by atoms with E-state index in [-0.39, 0.29) is 5.78 Å². The Morgan fingerprint density at radius 2 is 1.93 bits per heavy atom. The number of rotatable bonds is 7. The highest BCUT2D eigenvalue weighted by Crippen LogP contribution is 2.31. The quantitative estimate of drug-likeness (QED) is 0.442. The largest absolute Gasteiger partial charge is 0.344 e. The van der Waals surface area contributed by atoms with Gasteiger partial charge in [-0.05, 0) is 48.7 Å². The fourth-order valence-electron chi connectivity index (χ4n) is 3.96. The Morgan fingerprint density at radius 1 is 1.18 bits per heavy atom. The minimum atomic E-state index is 0.124. The molecule has 4 rings (SSSR count). The summed E-state index contributed by atoms with van der Waals surface area (Å²) in [6.07, 6.45) is 4.68. The maximum absolute atomic E-state index is 12.9. The van der Waals surface area contributed by atoms with Crippen molar-refractivity contribution in [3.63, 3.8) is 0 Å². The molecule has 1 fully saturated rings. The lowest BCUT2D eigenvalue weighted by atomic mass is 10.2. The molecule has 7 heteroatoms. The summed E-state index contributed by atoms with van der Waals surface area (Å²) in [5, 5.41) is 12.9. The van der Waals surface area contributed by atoms with Gasteiger partial charge in [-0.3, -0.25) is 4.79 Å². The molecule has 0 N–H and O–H groups in total. The van der Waals surface area contributed by atoms with Gasteiger partial charge in [0.05, 0.1) is 11.8 Å². The van der Waals surface area contributed by atoms with E-state index in [1.807, 2.05) is 35.9 Å². The molecule has 0 unspecified atom stereocenters. The van der Waals surface area contributed by atoms with Crippen LogP contribution in [0.5, 0.6) is 0 Å². The van der Waals surface area contributed by atoms with Gasteiger partial charge in [-0.15, -0.1) is 5.10 Å². The van der Waals surface area contributed by atoms with Gasteiger partial charge >= 0.3 is 0 Å². The number of hydrogen-bond acceptors (Lipinski definition) is 5. The first-order chi connectivity index (χ1) is 13.6. The predicted molar refractivity (Wildman–Crippen MR) is 110 cm³/mol. The number of carbonyl (C=O) groups excluding carboxylic acids is 1. The molecule has 0 saturated heterocycles. The van der Waals surface area contributed by atoms with E-state index in [4.69, 9.17) is 0 Å². The van der Waals surface area contributed by atoms with E-state index in [1.54, 1.807) is 0 Å². The molecule has 28 heavy (non-hydrogen) atoms. The Balaban J connectivity index is 1.46. The van der Waals surface area contributed by atoms with E-state index in [9.17, 15) is 4.79 Å². The van der Waals surface area contributed by atoms with Crippen molar-refractivity contribution in [3.8, 4) is 0 Å². The summed E-state index contributed by atoms with van der Waals surface area (Å²) in [6.45, 7) is 4.86. The van der Waals surface area contributed by atoms with Gasteiger partial charge in [0, 0.05) is 23.5 Å². The number of hydrogen-bond donors (Lipinski definition) is 0. The maximum Gasteiger partial charge on any atom is 0.210 e. The summed E-state index contributed by atoms with van der Waals surface area (Å²) >= 11 is 1.44. The Labute approximate surface area is 169 Å². The zero-order chi connectivity index (χ0) is 19.5. The van der Waals surface area contributed by atoms with Crippen LogP contribution in [0.25, 0.3) is 0 Å². The van der Waals surface area contributed by atoms with Crippen molar-refractivity contribution in [2.24, 2.45) is 0 Å². The molecule has 1 saturated carbocycles. The highest BCUT2D eigenvalue weighted by Gasteiger charge is 2.23.